The highest BCUT2D eigenvalue weighted by molar-refractivity contribution is 5.70. The van der Waals surface area contributed by atoms with Crippen LogP contribution < -0.4 is 0 Å². The lowest BCUT2D eigenvalue weighted by Crippen LogP contribution is -2.24. The van der Waals surface area contributed by atoms with Crippen LogP contribution in [0.1, 0.15) is 54.4 Å². The summed E-state index contributed by atoms with van der Waals surface area (Å²) in [6.07, 6.45) is 6.27. The molecule has 0 aromatic heterocycles. The number of carboxylic acids is 1. The van der Waals surface area contributed by atoms with E-state index in [4.69, 9.17) is 0 Å². The molecule has 2 nitrogen and oxygen atoms in total. The molecule has 1 aromatic carbocycles. The normalized spacial score (nSPS) is 23.4. The summed E-state index contributed by atoms with van der Waals surface area (Å²) < 4.78 is 0. The molecule has 0 radical (unpaired) electrons. The average Bonchev–Trinajstić information content (AvgIpc) is 2.58. The number of rotatable bonds is 3. The third kappa shape index (κ3) is 3.41. The smallest absolute Gasteiger partial charge is 0.306 e. The van der Waals surface area contributed by atoms with E-state index in [1.54, 1.807) is 0 Å². The zero-order valence-electron chi connectivity index (χ0n) is 12.9. The van der Waals surface area contributed by atoms with Crippen molar-refractivity contribution in [3.63, 3.8) is 0 Å². The van der Waals surface area contributed by atoms with Gasteiger partial charge in [-0.05, 0) is 62.6 Å². The maximum atomic E-state index is 11.5. The van der Waals surface area contributed by atoms with Crippen LogP contribution >= 0.6 is 0 Å². The predicted molar refractivity (Wildman–Crippen MR) is 82.1 cm³/mol. The highest BCUT2D eigenvalue weighted by atomic mass is 16.4. The predicted octanol–water partition coefficient (Wildman–Crippen LogP) is 4.44. The first-order valence-electron chi connectivity index (χ1n) is 7.78. The van der Waals surface area contributed by atoms with Gasteiger partial charge in [0.1, 0.15) is 0 Å². The first-order valence-corrected chi connectivity index (χ1v) is 7.78. The van der Waals surface area contributed by atoms with Crippen LogP contribution in [0.15, 0.2) is 12.1 Å². The maximum Gasteiger partial charge on any atom is 0.306 e. The SMILES string of the molecule is Cc1cc(C)c(CC2CCCCCC2C(=O)O)c(C)c1. The number of hydrogen-bond donors (Lipinski definition) is 1. The van der Waals surface area contributed by atoms with E-state index >= 15 is 0 Å². The van der Waals surface area contributed by atoms with E-state index in [1.165, 1.54) is 35.1 Å². The number of carbonyl (C=O) groups is 1. The van der Waals surface area contributed by atoms with Gasteiger partial charge in [0.25, 0.3) is 0 Å². The molecule has 0 aliphatic heterocycles. The highest BCUT2D eigenvalue weighted by Crippen LogP contribution is 2.33. The molecule has 2 unspecified atom stereocenters. The monoisotopic (exact) mass is 274 g/mol. The fourth-order valence-electron chi connectivity index (χ4n) is 3.75. The van der Waals surface area contributed by atoms with Crippen LogP contribution in [0.4, 0.5) is 0 Å². The Morgan fingerprint density at radius 3 is 2.30 bits per heavy atom. The fraction of sp³-hybridized carbons (Fsp3) is 0.611. The number of aryl methyl sites for hydroxylation is 3. The van der Waals surface area contributed by atoms with Crippen molar-refractivity contribution in [1.82, 2.24) is 0 Å². The van der Waals surface area contributed by atoms with E-state index in [0.717, 1.165) is 25.7 Å². The molecule has 2 atom stereocenters. The Balaban J connectivity index is 2.24. The second kappa shape index (κ2) is 6.43. The number of aliphatic carboxylic acids is 1. The lowest BCUT2D eigenvalue weighted by Gasteiger charge is -2.23. The average molecular weight is 274 g/mol. The zero-order valence-corrected chi connectivity index (χ0v) is 12.9. The minimum Gasteiger partial charge on any atom is -0.481 e. The van der Waals surface area contributed by atoms with Gasteiger partial charge in [-0.25, -0.2) is 0 Å². The topological polar surface area (TPSA) is 37.3 Å². The Morgan fingerprint density at radius 2 is 1.70 bits per heavy atom. The van der Waals surface area contributed by atoms with Gasteiger partial charge in [0.05, 0.1) is 5.92 Å². The molecule has 0 amide bonds. The fourth-order valence-corrected chi connectivity index (χ4v) is 3.75. The van der Waals surface area contributed by atoms with Crippen molar-refractivity contribution in [2.75, 3.05) is 0 Å². The summed E-state index contributed by atoms with van der Waals surface area (Å²) in [5.74, 6) is -0.452. The Hall–Kier alpha value is -1.31. The molecule has 0 saturated heterocycles. The van der Waals surface area contributed by atoms with Crippen LogP contribution in [-0.2, 0) is 11.2 Å². The van der Waals surface area contributed by atoms with Gasteiger partial charge in [0, 0.05) is 0 Å². The molecule has 0 bridgehead atoms. The van der Waals surface area contributed by atoms with Crippen LogP contribution in [0.25, 0.3) is 0 Å². The Morgan fingerprint density at radius 1 is 1.10 bits per heavy atom. The van der Waals surface area contributed by atoms with Crippen molar-refractivity contribution < 1.29 is 9.90 Å². The lowest BCUT2D eigenvalue weighted by atomic mass is 9.81. The van der Waals surface area contributed by atoms with Gasteiger partial charge in [0.2, 0.25) is 0 Å². The summed E-state index contributed by atoms with van der Waals surface area (Å²) in [6, 6.07) is 4.43. The Bertz CT molecular complexity index is 467. The summed E-state index contributed by atoms with van der Waals surface area (Å²) >= 11 is 0. The van der Waals surface area contributed by atoms with Crippen molar-refractivity contribution in [1.29, 1.82) is 0 Å². The van der Waals surface area contributed by atoms with Crippen LogP contribution in [0.3, 0.4) is 0 Å². The number of hydrogen-bond acceptors (Lipinski definition) is 1. The molecule has 1 aromatic rings. The molecule has 0 spiro atoms. The van der Waals surface area contributed by atoms with Gasteiger partial charge in [-0.1, -0.05) is 37.0 Å². The van der Waals surface area contributed by atoms with Gasteiger partial charge >= 0.3 is 5.97 Å². The molecule has 1 saturated carbocycles. The summed E-state index contributed by atoms with van der Waals surface area (Å²) in [5, 5.41) is 9.49. The zero-order chi connectivity index (χ0) is 14.7. The molecule has 1 aliphatic carbocycles. The number of benzene rings is 1. The number of carboxylic acid groups (broad SMARTS) is 1. The van der Waals surface area contributed by atoms with E-state index in [2.05, 4.69) is 32.9 Å². The van der Waals surface area contributed by atoms with E-state index < -0.39 is 5.97 Å². The van der Waals surface area contributed by atoms with Crippen molar-refractivity contribution in [2.24, 2.45) is 11.8 Å². The Kier molecular flexibility index (Phi) is 4.85. The standard InChI is InChI=1S/C18H26O2/c1-12-9-13(2)17(14(3)10-12)11-15-7-5-4-6-8-16(15)18(19)20/h9-10,15-16H,4-8,11H2,1-3H3,(H,19,20). The van der Waals surface area contributed by atoms with E-state index in [-0.39, 0.29) is 5.92 Å². The van der Waals surface area contributed by atoms with Crippen LogP contribution in [-0.4, -0.2) is 11.1 Å². The van der Waals surface area contributed by atoms with Gasteiger partial charge in [0.15, 0.2) is 0 Å². The third-order valence-corrected chi connectivity index (χ3v) is 4.78. The van der Waals surface area contributed by atoms with E-state index in [9.17, 15) is 9.90 Å². The van der Waals surface area contributed by atoms with Crippen molar-refractivity contribution >= 4 is 5.97 Å². The minimum absolute atomic E-state index is 0.155. The van der Waals surface area contributed by atoms with Crippen LogP contribution in [0.2, 0.25) is 0 Å². The van der Waals surface area contributed by atoms with Gasteiger partial charge in [-0.3, -0.25) is 4.79 Å². The van der Waals surface area contributed by atoms with Crippen LogP contribution in [0, 0.1) is 32.6 Å². The summed E-state index contributed by atoms with van der Waals surface area (Å²) in [7, 11) is 0. The van der Waals surface area contributed by atoms with Crippen molar-refractivity contribution in [3.8, 4) is 0 Å². The summed E-state index contributed by atoms with van der Waals surface area (Å²) in [4.78, 5) is 11.5. The third-order valence-electron chi connectivity index (χ3n) is 4.78. The molecule has 1 fully saturated rings. The molecule has 1 N–H and O–H groups in total. The molecule has 110 valence electrons. The molecule has 0 heterocycles. The molecule has 20 heavy (non-hydrogen) atoms. The largest absolute Gasteiger partial charge is 0.481 e. The minimum atomic E-state index is -0.598. The second-order valence-corrected chi connectivity index (χ2v) is 6.42. The molecular weight excluding hydrogens is 248 g/mol. The summed E-state index contributed by atoms with van der Waals surface area (Å²) in [5.41, 5.74) is 5.29. The quantitative estimate of drug-likeness (QED) is 0.828. The lowest BCUT2D eigenvalue weighted by molar-refractivity contribution is -0.143. The maximum absolute atomic E-state index is 11.5. The van der Waals surface area contributed by atoms with Gasteiger partial charge in [-0.15, -0.1) is 0 Å². The molecular formula is C18H26O2. The van der Waals surface area contributed by atoms with Crippen molar-refractivity contribution in [2.45, 2.75) is 59.3 Å². The molecule has 2 heteroatoms. The van der Waals surface area contributed by atoms with Crippen molar-refractivity contribution in [3.05, 3.63) is 34.4 Å². The van der Waals surface area contributed by atoms with Gasteiger partial charge < -0.3 is 5.11 Å². The molecule has 2 rings (SSSR count). The van der Waals surface area contributed by atoms with Gasteiger partial charge in [-0.2, -0.15) is 0 Å². The Labute approximate surface area is 122 Å². The van der Waals surface area contributed by atoms with E-state index in [1.807, 2.05) is 0 Å². The highest BCUT2D eigenvalue weighted by Gasteiger charge is 2.30. The van der Waals surface area contributed by atoms with Crippen LogP contribution in [0.5, 0.6) is 0 Å². The first-order chi connectivity index (χ1) is 9.49. The summed E-state index contributed by atoms with van der Waals surface area (Å²) in [6.45, 7) is 6.43. The molecule has 1 aliphatic rings. The van der Waals surface area contributed by atoms with E-state index in [0.29, 0.717) is 5.92 Å². The second-order valence-electron chi connectivity index (χ2n) is 6.42. The first kappa shape index (κ1) is 15.1.